The summed E-state index contributed by atoms with van der Waals surface area (Å²) >= 11 is 3.35. The molecule has 0 aliphatic rings. The number of halogens is 2. The number of hydrogen-bond donors (Lipinski definition) is 1. The van der Waals surface area contributed by atoms with Crippen LogP contribution in [-0.4, -0.2) is 17.0 Å². The average Bonchev–Trinajstić information content (AvgIpc) is 2.33. The summed E-state index contributed by atoms with van der Waals surface area (Å²) in [5, 5.41) is 3.07. The zero-order chi connectivity index (χ0) is 12.3. The molecule has 2 rings (SSSR count). The van der Waals surface area contributed by atoms with Gasteiger partial charge in [0.25, 0.3) is 0 Å². The molecule has 0 bridgehead atoms. The molecule has 0 saturated carbocycles. The van der Waals surface area contributed by atoms with E-state index in [1.54, 1.807) is 31.7 Å². The second-order valence-corrected chi connectivity index (χ2v) is 4.47. The lowest BCUT2D eigenvalue weighted by Gasteiger charge is -2.17. The molecule has 1 N–H and O–H groups in total. The Hall–Kier alpha value is -1.33. The lowest BCUT2D eigenvalue weighted by molar-refractivity contribution is 0.570. The van der Waals surface area contributed by atoms with Crippen molar-refractivity contribution in [2.75, 3.05) is 7.05 Å². The number of hydrogen-bond acceptors (Lipinski definition) is 3. The van der Waals surface area contributed by atoms with Crippen LogP contribution in [-0.2, 0) is 0 Å². The Kier molecular flexibility index (Phi) is 3.81. The van der Waals surface area contributed by atoms with Crippen molar-refractivity contribution < 1.29 is 4.39 Å². The van der Waals surface area contributed by atoms with E-state index in [-0.39, 0.29) is 11.9 Å². The highest BCUT2D eigenvalue weighted by Crippen LogP contribution is 2.24. The highest BCUT2D eigenvalue weighted by Gasteiger charge is 2.16. The fourth-order valence-corrected chi connectivity index (χ4v) is 2.09. The van der Waals surface area contributed by atoms with Gasteiger partial charge in [0, 0.05) is 28.6 Å². The van der Waals surface area contributed by atoms with E-state index in [2.05, 4.69) is 31.2 Å². The zero-order valence-corrected chi connectivity index (χ0v) is 10.8. The number of nitrogens with one attached hydrogen (secondary N) is 1. The van der Waals surface area contributed by atoms with Crippen LogP contribution in [0.2, 0.25) is 0 Å². The molecule has 0 aliphatic carbocycles. The predicted octanol–water partition coefficient (Wildman–Crippen LogP) is 2.69. The first kappa shape index (κ1) is 12.1. The van der Waals surface area contributed by atoms with Gasteiger partial charge in [0.15, 0.2) is 0 Å². The summed E-state index contributed by atoms with van der Waals surface area (Å²) in [5.41, 5.74) is 1.45. The van der Waals surface area contributed by atoms with Crippen LogP contribution >= 0.6 is 15.9 Å². The maximum atomic E-state index is 13.7. The second-order valence-electron chi connectivity index (χ2n) is 3.56. The molecule has 0 aliphatic heterocycles. The van der Waals surface area contributed by atoms with Gasteiger partial charge in [-0.3, -0.25) is 9.97 Å². The summed E-state index contributed by atoms with van der Waals surface area (Å²) in [6.45, 7) is 0. The van der Waals surface area contributed by atoms with Gasteiger partial charge < -0.3 is 5.32 Å². The van der Waals surface area contributed by atoms with Crippen LogP contribution in [0.4, 0.5) is 4.39 Å². The number of rotatable bonds is 3. The highest BCUT2D eigenvalue weighted by molar-refractivity contribution is 9.10. The van der Waals surface area contributed by atoms with Crippen molar-refractivity contribution in [1.82, 2.24) is 15.3 Å². The summed E-state index contributed by atoms with van der Waals surface area (Å²) in [6, 6.07) is 3.34. The minimum Gasteiger partial charge on any atom is -0.309 e. The van der Waals surface area contributed by atoms with E-state index in [1.165, 1.54) is 6.20 Å². The van der Waals surface area contributed by atoms with Crippen molar-refractivity contribution >= 4 is 15.9 Å². The van der Waals surface area contributed by atoms with Crippen LogP contribution in [0.15, 0.2) is 41.4 Å². The van der Waals surface area contributed by atoms with E-state index in [1.807, 2.05) is 6.07 Å². The summed E-state index contributed by atoms with van der Waals surface area (Å²) in [7, 11) is 1.78. The largest absolute Gasteiger partial charge is 0.309 e. The number of pyridine rings is 2. The van der Waals surface area contributed by atoms with Crippen LogP contribution in [0, 0.1) is 5.82 Å². The Morgan fingerprint density at radius 2 is 2.12 bits per heavy atom. The molecule has 0 amide bonds. The van der Waals surface area contributed by atoms with Gasteiger partial charge in [-0.25, -0.2) is 4.39 Å². The third kappa shape index (κ3) is 2.68. The SMILES string of the molecule is CNC(c1cncc(Br)c1)c1ccncc1F. The zero-order valence-electron chi connectivity index (χ0n) is 9.19. The topological polar surface area (TPSA) is 37.8 Å². The van der Waals surface area contributed by atoms with Gasteiger partial charge in [0.05, 0.1) is 12.2 Å². The third-order valence-corrected chi connectivity index (χ3v) is 2.90. The van der Waals surface area contributed by atoms with Gasteiger partial charge in [-0.15, -0.1) is 0 Å². The van der Waals surface area contributed by atoms with E-state index >= 15 is 0 Å². The van der Waals surface area contributed by atoms with Crippen LogP contribution in [0.3, 0.4) is 0 Å². The Labute approximate surface area is 107 Å². The van der Waals surface area contributed by atoms with Crippen LogP contribution in [0.5, 0.6) is 0 Å². The number of aromatic nitrogens is 2. The molecule has 0 saturated heterocycles. The number of nitrogens with zero attached hydrogens (tertiary/aromatic N) is 2. The fourth-order valence-electron chi connectivity index (χ4n) is 1.71. The highest BCUT2D eigenvalue weighted by atomic mass is 79.9. The quantitative estimate of drug-likeness (QED) is 0.946. The van der Waals surface area contributed by atoms with Gasteiger partial charge >= 0.3 is 0 Å². The molecule has 17 heavy (non-hydrogen) atoms. The van der Waals surface area contributed by atoms with Crippen LogP contribution in [0.25, 0.3) is 0 Å². The third-order valence-electron chi connectivity index (χ3n) is 2.46. The molecule has 2 aromatic rings. The van der Waals surface area contributed by atoms with E-state index < -0.39 is 0 Å². The molecule has 88 valence electrons. The van der Waals surface area contributed by atoms with Crippen molar-refractivity contribution in [1.29, 1.82) is 0 Å². The summed E-state index contributed by atoms with van der Waals surface area (Å²) in [6.07, 6.45) is 6.20. The van der Waals surface area contributed by atoms with Crippen molar-refractivity contribution in [3.8, 4) is 0 Å². The van der Waals surface area contributed by atoms with Gasteiger partial charge in [0.1, 0.15) is 5.82 Å². The standard InChI is InChI=1S/C12H11BrFN3/c1-15-12(8-4-9(13)6-17-5-8)10-2-3-16-7-11(10)14/h2-7,12,15H,1H3. The van der Waals surface area contributed by atoms with Gasteiger partial charge in [-0.2, -0.15) is 0 Å². The normalized spacial score (nSPS) is 12.4. The molecule has 0 aromatic carbocycles. The monoisotopic (exact) mass is 295 g/mol. The first-order valence-corrected chi connectivity index (χ1v) is 5.89. The molecule has 1 atom stereocenters. The lowest BCUT2D eigenvalue weighted by Crippen LogP contribution is -2.19. The van der Waals surface area contributed by atoms with Gasteiger partial charge in [-0.05, 0) is 40.7 Å². The van der Waals surface area contributed by atoms with Gasteiger partial charge in [0.2, 0.25) is 0 Å². The van der Waals surface area contributed by atoms with Crippen LogP contribution < -0.4 is 5.32 Å². The van der Waals surface area contributed by atoms with Crippen molar-refractivity contribution in [3.63, 3.8) is 0 Å². The van der Waals surface area contributed by atoms with Crippen molar-refractivity contribution in [3.05, 3.63) is 58.3 Å². The lowest BCUT2D eigenvalue weighted by atomic mass is 10.0. The Balaban J connectivity index is 2.44. The van der Waals surface area contributed by atoms with Gasteiger partial charge in [-0.1, -0.05) is 0 Å². The van der Waals surface area contributed by atoms with E-state index in [9.17, 15) is 4.39 Å². The maximum absolute atomic E-state index is 13.7. The Morgan fingerprint density at radius 1 is 1.29 bits per heavy atom. The average molecular weight is 296 g/mol. The smallest absolute Gasteiger partial charge is 0.146 e. The second kappa shape index (κ2) is 5.33. The molecule has 1 unspecified atom stereocenters. The predicted molar refractivity (Wildman–Crippen MR) is 67.0 cm³/mol. The maximum Gasteiger partial charge on any atom is 0.146 e. The van der Waals surface area contributed by atoms with E-state index in [4.69, 9.17) is 0 Å². The minimum absolute atomic E-state index is 0.233. The Bertz CT molecular complexity index is 519. The molecule has 2 heterocycles. The summed E-state index contributed by atoms with van der Waals surface area (Å²) < 4.78 is 14.5. The van der Waals surface area contributed by atoms with E-state index in [0.29, 0.717) is 5.56 Å². The molecular weight excluding hydrogens is 285 g/mol. The fraction of sp³-hybridized carbons (Fsp3) is 0.167. The minimum atomic E-state index is -0.327. The molecule has 2 aromatic heterocycles. The molecule has 3 nitrogen and oxygen atoms in total. The summed E-state index contributed by atoms with van der Waals surface area (Å²) in [4.78, 5) is 7.83. The molecule has 5 heteroatoms. The molecule has 0 spiro atoms. The molecule has 0 fully saturated rings. The van der Waals surface area contributed by atoms with Crippen LogP contribution in [0.1, 0.15) is 17.2 Å². The first-order chi connectivity index (χ1) is 8.22. The Morgan fingerprint density at radius 3 is 2.76 bits per heavy atom. The van der Waals surface area contributed by atoms with Crippen molar-refractivity contribution in [2.45, 2.75) is 6.04 Å². The summed E-state index contributed by atoms with van der Waals surface area (Å²) in [5.74, 6) is -0.327. The first-order valence-electron chi connectivity index (χ1n) is 5.09. The van der Waals surface area contributed by atoms with E-state index in [0.717, 1.165) is 10.0 Å². The van der Waals surface area contributed by atoms with Crippen molar-refractivity contribution in [2.24, 2.45) is 0 Å². The molecule has 0 radical (unpaired) electrons. The molecular formula is C12H11BrFN3.